The molecule has 0 unspecified atom stereocenters. The number of benzene rings is 4. The van der Waals surface area contributed by atoms with Gasteiger partial charge in [-0.25, -0.2) is 13.1 Å². The van der Waals surface area contributed by atoms with Crippen LogP contribution in [0.15, 0.2) is 119 Å². The number of piperazine rings is 1. The van der Waals surface area contributed by atoms with E-state index in [0.717, 1.165) is 17.0 Å². The van der Waals surface area contributed by atoms with Crippen molar-refractivity contribution >= 4 is 45.1 Å². The highest BCUT2D eigenvalue weighted by Gasteiger charge is 2.35. The summed E-state index contributed by atoms with van der Waals surface area (Å²) in [6.45, 7) is 1.64. The average Bonchev–Trinajstić information content (AvgIpc) is 3.18. The van der Waals surface area contributed by atoms with Crippen LogP contribution >= 0.6 is 11.8 Å². The number of aromatic hydroxyl groups is 1. The Morgan fingerprint density at radius 3 is 2.29 bits per heavy atom. The SMILES string of the molecule is O=C(NS(=O)(=O)c1ccc(NCCSc2ccccc2)c(C(F)(F)F)c1)c1ccc(N2CCN(C(=O)c3ccccc3C#Cc3cccc(O)c3)CC2)nn1. The number of carbonyl (C=O) groups excluding carboxylic acids is 2. The molecule has 16 heteroatoms. The van der Waals surface area contributed by atoms with Crippen molar-refractivity contribution in [2.75, 3.05) is 48.7 Å². The Hall–Kier alpha value is -6.05. The summed E-state index contributed by atoms with van der Waals surface area (Å²) in [6.07, 6.45) is -4.88. The molecule has 282 valence electrons. The fourth-order valence-electron chi connectivity index (χ4n) is 5.61. The zero-order chi connectivity index (χ0) is 39.0. The number of halogens is 3. The maximum absolute atomic E-state index is 14.0. The molecule has 0 atom stereocenters. The van der Waals surface area contributed by atoms with Crippen LogP contribution in [0.5, 0.6) is 5.75 Å². The molecule has 11 nitrogen and oxygen atoms in total. The van der Waals surface area contributed by atoms with E-state index in [1.807, 2.05) is 35.2 Å². The number of alkyl halides is 3. The van der Waals surface area contributed by atoms with Gasteiger partial charge >= 0.3 is 6.18 Å². The molecule has 55 heavy (non-hydrogen) atoms. The summed E-state index contributed by atoms with van der Waals surface area (Å²) in [6, 6.07) is 28.0. The maximum atomic E-state index is 14.0. The van der Waals surface area contributed by atoms with Crippen molar-refractivity contribution in [3.05, 3.63) is 137 Å². The van der Waals surface area contributed by atoms with Crippen molar-refractivity contribution in [1.82, 2.24) is 19.8 Å². The van der Waals surface area contributed by atoms with E-state index in [0.29, 0.717) is 60.5 Å². The predicted molar refractivity (Wildman–Crippen MR) is 202 cm³/mol. The molecule has 0 aliphatic carbocycles. The van der Waals surface area contributed by atoms with Crippen LogP contribution in [0.3, 0.4) is 0 Å². The van der Waals surface area contributed by atoms with Crippen LogP contribution in [0.1, 0.15) is 37.5 Å². The van der Waals surface area contributed by atoms with Gasteiger partial charge in [0.1, 0.15) is 5.75 Å². The van der Waals surface area contributed by atoms with Crippen LogP contribution in [0.4, 0.5) is 24.7 Å². The minimum Gasteiger partial charge on any atom is -0.508 e. The van der Waals surface area contributed by atoms with E-state index in [-0.39, 0.29) is 29.6 Å². The third-order valence-corrected chi connectivity index (χ3v) is 10.7. The Morgan fingerprint density at radius 1 is 0.836 bits per heavy atom. The number of hydrogen-bond acceptors (Lipinski definition) is 10. The Bertz CT molecular complexity index is 2340. The second-order valence-electron chi connectivity index (χ2n) is 12.1. The van der Waals surface area contributed by atoms with E-state index >= 15 is 0 Å². The molecule has 6 rings (SSSR count). The molecule has 0 bridgehead atoms. The number of nitrogens with zero attached hydrogens (tertiary/aromatic N) is 4. The van der Waals surface area contributed by atoms with E-state index in [1.54, 1.807) is 52.1 Å². The monoisotopic (exact) mass is 786 g/mol. The molecule has 0 saturated carbocycles. The average molecular weight is 787 g/mol. The Morgan fingerprint density at radius 2 is 1.58 bits per heavy atom. The van der Waals surface area contributed by atoms with Crippen molar-refractivity contribution in [2.24, 2.45) is 0 Å². The molecular formula is C39H33F3N6O5S2. The molecule has 3 N–H and O–H groups in total. The highest BCUT2D eigenvalue weighted by molar-refractivity contribution is 7.99. The lowest BCUT2D eigenvalue weighted by Crippen LogP contribution is -2.49. The van der Waals surface area contributed by atoms with Crippen LogP contribution in [0.25, 0.3) is 0 Å². The first-order valence-electron chi connectivity index (χ1n) is 16.9. The van der Waals surface area contributed by atoms with Crippen LogP contribution in [-0.4, -0.2) is 78.9 Å². The summed E-state index contributed by atoms with van der Waals surface area (Å²) in [5.41, 5.74) is -0.275. The number of hydrogen-bond donors (Lipinski definition) is 3. The first-order valence-corrected chi connectivity index (χ1v) is 19.3. The van der Waals surface area contributed by atoms with Crippen LogP contribution in [0.2, 0.25) is 0 Å². The molecule has 1 aliphatic rings. The Labute approximate surface area is 319 Å². The summed E-state index contributed by atoms with van der Waals surface area (Å²) in [4.78, 5) is 30.1. The van der Waals surface area contributed by atoms with Crippen LogP contribution < -0.4 is 14.9 Å². The van der Waals surface area contributed by atoms with Gasteiger partial charge in [-0.2, -0.15) is 13.2 Å². The minimum atomic E-state index is -4.88. The number of sulfonamides is 1. The topological polar surface area (TPSA) is 145 Å². The standard InChI is InChI=1S/C39H33F3N6O5S2/c40-39(41,42)33-26-31(15-16-34(33)43-19-24-54-30-10-2-1-3-11-30)55(52,53)46-37(50)35-17-18-36(45-44-35)47-20-22-48(23-21-47)38(51)32-12-5-4-8-28(32)14-13-27-7-6-9-29(49)25-27/h1-12,15-18,25-26,43,49H,19-24H2,(H,46,50). The van der Waals surface area contributed by atoms with Gasteiger partial charge in [0.05, 0.1) is 16.0 Å². The molecule has 1 fully saturated rings. The second-order valence-corrected chi connectivity index (χ2v) is 15.0. The first-order chi connectivity index (χ1) is 26.4. The van der Waals surface area contributed by atoms with Gasteiger partial charge in [-0.1, -0.05) is 48.2 Å². The Balaban J connectivity index is 1.05. The van der Waals surface area contributed by atoms with Crippen molar-refractivity contribution in [1.29, 1.82) is 0 Å². The number of phenolic OH excluding ortho intramolecular Hbond substituents is 1. The summed E-state index contributed by atoms with van der Waals surface area (Å²) in [7, 11) is -4.72. The molecule has 1 aliphatic heterocycles. The Kier molecular flexibility index (Phi) is 11.9. The molecule has 0 radical (unpaired) electrons. The molecule has 1 saturated heterocycles. The van der Waals surface area contributed by atoms with Crippen molar-refractivity contribution in [3.63, 3.8) is 0 Å². The highest BCUT2D eigenvalue weighted by atomic mass is 32.2. The van der Waals surface area contributed by atoms with Crippen molar-refractivity contribution in [3.8, 4) is 17.6 Å². The molecule has 4 aromatic carbocycles. The molecule has 2 amide bonds. The largest absolute Gasteiger partial charge is 0.508 e. The van der Waals surface area contributed by atoms with Gasteiger partial charge in [-0.15, -0.1) is 22.0 Å². The molecule has 1 aromatic heterocycles. The number of phenols is 1. The maximum Gasteiger partial charge on any atom is 0.418 e. The van der Waals surface area contributed by atoms with E-state index in [4.69, 9.17) is 0 Å². The van der Waals surface area contributed by atoms with Gasteiger partial charge in [0, 0.05) is 60.2 Å². The number of thioether (sulfide) groups is 1. The van der Waals surface area contributed by atoms with Crippen LogP contribution in [-0.2, 0) is 16.2 Å². The fourth-order valence-corrected chi connectivity index (χ4v) is 7.39. The lowest BCUT2D eigenvalue weighted by molar-refractivity contribution is -0.137. The van der Waals surface area contributed by atoms with Gasteiger partial charge in [-0.05, 0) is 72.8 Å². The van der Waals surface area contributed by atoms with E-state index in [9.17, 15) is 36.3 Å². The fraction of sp³-hybridized carbons (Fsp3) is 0.179. The van der Waals surface area contributed by atoms with Gasteiger partial charge in [0.25, 0.3) is 21.8 Å². The lowest BCUT2D eigenvalue weighted by Gasteiger charge is -2.35. The van der Waals surface area contributed by atoms with E-state index in [1.165, 1.54) is 30.0 Å². The molecule has 5 aromatic rings. The number of aromatic nitrogens is 2. The summed E-state index contributed by atoms with van der Waals surface area (Å²) in [5, 5.41) is 20.4. The zero-order valence-corrected chi connectivity index (χ0v) is 30.6. The summed E-state index contributed by atoms with van der Waals surface area (Å²) < 4.78 is 69.8. The molecular weight excluding hydrogens is 754 g/mol. The third kappa shape index (κ3) is 9.93. The van der Waals surface area contributed by atoms with Gasteiger partial charge in [-0.3, -0.25) is 9.59 Å². The van der Waals surface area contributed by atoms with Crippen molar-refractivity contribution < 1.29 is 36.3 Å². The summed E-state index contributed by atoms with van der Waals surface area (Å²) in [5.74, 6) is 5.54. The van der Waals surface area contributed by atoms with Crippen LogP contribution in [0, 0.1) is 11.8 Å². The molecule has 0 spiro atoms. The predicted octanol–water partition coefficient (Wildman–Crippen LogP) is 5.89. The van der Waals surface area contributed by atoms with Gasteiger partial charge in [0.15, 0.2) is 11.5 Å². The molecule has 2 heterocycles. The number of carbonyl (C=O) groups is 2. The summed E-state index contributed by atoms with van der Waals surface area (Å²) >= 11 is 1.45. The number of nitrogens with one attached hydrogen (secondary N) is 2. The minimum absolute atomic E-state index is 0.0889. The van der Waals surface area contributed by atoms with Gasteiger partial charge in [0.2, 0.25) is 0 Å². The smallest absolute Gasteiger partial charge is 0.418 e. The van der Waals surface area contributed by atoms with Crippen molar-refractivity contribution in [2.45, 2.75) is 16.0 Å². The third-order valence-electron chi connectivity index (χ3n) is 8.38. The highest BCUT2D eigenvalue weighted by Crippen LogP contribution is 2.36. The normalized spacial score (nSPS) is 13.1. The number of rotatable bonds is 10. The quantitative estimate of drug-likeness (QED) is 0.0892. The van der Waals surface area contributed by atoms with E-state index in [2.05, 4.69) is 27.4 Å². The number of amides is 2. The zero-order valence-electron chi connectivity index (χ0n) is 29.0. The van der Waals surface area contributed by atoms with E-state index < -0.39 is 32.6 Å². The first kappa shape index (κ1) is 38.7. The second kappa shape index (κ2) is 17.0. The van der Waals surface area contributed by atoms with Gasteiger partial charge < -0.3 is 20.2 Å². The number of anilines is 2. The lowest BCUT2D eigenvalue weighted by atomic mass is 10.1.